The first kappa shape index (κ1) is 17.5. The lowest BCUT2D eigenvalue weighted by Crippen LogP contribution is -2.55. The van der Waals surface area contributed by atoms with Crippen molar-refractivity contribution in [2.45, 2.75) is 31.7 Å². The molecule has 0 bridgehead atoms. The standard InChI is InChI=1S/C25H25NO/c1-19(20-11-5-2-6-12-20)17-18-23-24(21-13-7-3-8-14-21)26(25(23)27)22-15-9-4-10-16-22/h2-16,19,23-24H,17-18H2,1H3. The van der Waals surface area contributed by atoms with Gasteiger partial charge in [0, 0.05) is 5.69 Å². The minimum atomic E-state index is 0.0544. The highest BCUT2D eigenvalue weighted by molar-refractivity contribution is 6.03. The molecule has 3 aromatic carbocycles. The number of hydrogen-bond acceptors (Lipinski definition) is 1. The van der Waals surface area contributed by atoms with E-state index in [0.29, 0.717) is 5.92 Å². The van der Waals surface area contributed by atoms with Crippen LogP contribution in [0.3, 0.4) is 0 Å². The Labute approximate surface area is 161 Å². The third-order valence-corrected chi connectivity index (χ3v) is 5.67. The van der Waals surface area contributed by atoms with Crippen LogP contribution in [0.5, 0.6) is 0 Å². The van der Waals surface area contributed by atoms with E-state index in [0.717, 1.165) is 18.5 Å². The van der Waals surface area contributed by atoms with Gasteiger partial charge in [-0.15, -0.1) is 0 Å². The average Bonchev–Trinajstić information content (AvgIpc) is 2.73. The molecule has 3 aromatic rings. The number of hydrogen-bond donors (Lipinski definition) is 0. The molecule has 1 amide bonds. The number of nitrogens with zero attached hydrogens (tertiary/aromatic N) is 1. The molecule has 1 saturated heterocycles. The van der Waals surface area contributed by atoms with Crippen LogP contribution in [-0.4, -0.2) is 5.91 Å². The predicted octanol–water partition coefficient (Wildman–Crippen LogP) is 5.97. The van der Waals surface area contributed by atoms with E-state index >= 15 is 0 Å². The zero-order valence-electron chi connectivity index (χ0n) is 15.7. The fourth-order valence-electron chi connectivity index (χ4n) is 4.12. The fourth-order valence-corrected chi connectivity index (χ4v) is 4.12. The van der Waals surface area contributed by atoms with Crippen LogP contribution in [-0.2, 0) is 4.79 Å². The number of amides is 1. The Hall–Kier alpha value is -2.87. The topological polar surface area (TPSA) is 20.3 Å². The molecule has 2 heteroatoms. The van der Waals surface area contributed by atoms with Crippen molar-refractivity contribution in [3.63, 3.8) is 0 Å². The second-order valence-corrected chi connectivity index (χ2v) is 7.39. The molecular formula is C25H25NO. The summed E-state index contributed by atoms with van der Waals surface area (Å²) in [6.45, 7) is 2.25. The zero-order chi connectivity index (χ0) is 18.6. The summed E-state index contributed by atoms with van der Waals surface area (Å²) in [5, 5.41) is 0. The molecule has 0 saturated carbocycles. The smallest absolute Gasteiger partial charge is 0.233 e. The van der Waals surface area contributed by atoms with E-state index in [1.165, 1.54) is 11.1 Å². The molecule has 2 nitrogen and oxygen atoms in total. The molecule has 0 N–H and O–H groups in total. The van der Waals surface area contributed by atoms with Gasteiger partial charge in [0.15, 0.2) is 0 Å². The second-order valence-electron chi connectivity index (χ2n) is 7.39. The molecule has 136 valence electrons. The summed E-state index contributed by atoms with van der Waals surface area (Å²) in [7, 11) is 0. The van der Waals surface area contributed by atoms with Crippen molar-refractivity contribution in [1.29, 1.82) is 0 Å². The van der Waals surface area contributed by atoms with Crippen molar-refractivity contribution in [1.82, 2.24) is 0 Å². The maximum atomic E-state index is 13.0. The van der Waals surface area contributed by atoms with E-state index in [2.05, 4.69) is 61.5 Å². The maximum Gasteiger partial charge on any atom is 0.233 e. The van der Waals surface area contributed by atoms with Crippen molar-refractivity contribution in [3.05, 3.63) is 102 Å². The lowest BCUT2D eigenvalue weighted by molar-refractivity contribution is -0.130. The summed E-state index contributed by atoms with van der Waals surface area (Å²) >= 11 is 0. The number of carbonyl (C=O) groups is 1. The first-order valence-corrected chi connectivity index (χ1v) is 9.73. The van der Waals surface area contributed by atoms with Crippen LogP contribution in [0.25, 0.3) is 0 Å². The third kappa shape index (κ3) is 3.52. The van der Waals surface area contributed by atoms with E-state index in [1.54, 1.807) is 0 Å². The van der Waals surface area contributed by atoms with Gasteiger partial charge in [-0.1, -0.05) is 85.8 Å². The molecule has 27 heavy (non-hydrogen) atoms. The molecule has 0 radical (unpaired) electrons. The van der Waals surface area contributed by atoms with Crippen LogP contribution in [0.15, 0.2) is 91.0 Å². The van der Waals surface area contributed by atoms with Gasteiger partial charge in [-0.25, -0.2) is 0 Å². The van der Waals surface area contributed by atoms with E-state index < -0.39 is 0 Å². The summed E-state index contributed by atoms with van der Waals surface area (Å²) < 4.78 is 0. The molecule has 3 unspecified atom stereocenters. The Bertz CT molecular complexity index is 876. The van der Waals surface area contributed by atoms with Crippen LogP contribution in [0.1, 0.15) is 42.9 Å². The highest BCUT2D eigenvalue weighted by atomic mass is 16.2. The first-order chi connectivity index (χ1) is 13.3. The van der Waals surface area contributed by atoms with E-state index in [-0.39, 0.29) is 17.9 Å². The molecule has 0 aliphatic carbocycles. The largest absolute Gasteiger partial charge is 0.304 e. The Morgan fingerprint density at radius 1 is 0.815 bits per heavy atom. The molecule has 1 heterocycles. The van der Waals surface area contributed by atoms with Crippen molar-refractivity contribution in [3.8, 4) is 0 Å². The van der Waals surface area contributed by atoms with Crippen LogP contribution >= 0.6 is 0 Å². The molecule has 1 aliphatic rings. The SMILES string of the molecule is CC(CCC1C(=O)N(c2ccccc2)C1c1ccccc1)c1ccccc1. The number of para-hydroxylation sites is 1. The number of rotatable bonds is 6. The molecule has 3 atom stereocenters. The summed E-state index contributed by atoms with van der Waals surface area (Å²) in [6.07, 6.45) is 1.93. The number of benzene rings is 3. The Morgan fingerprint density at radius 3 is 2.00 bits per heavy atom. The quantitative estimate of drug-likeness (QED) is 0.499. The number of anilines is 1. The summed E-state index contributed by atoms with van der Waals surface area (Å²) in [5.41, 5.74) is 3.56. The molecular weight excluding hydrogens is 330 g/mol. The lowest BCUT2D eigenvalue weighted by Gasteiger charge is -2.48. The Balaban J connectivity index is 1.54. The Morgan fingerprint density at radius 2 is 1.37 bits per heavy atom. The second kappa shape index (κ2) is 7.79. The minimum absolute atomic E-state index is 0.0544. The fraction of sp³-hybridized carbons (Fsp3) is 0.240. The monoisotopic (exact) mass is 355 g/mol. The van der Waals surface area contributed by atoms with Crippen molar-refractivity contribution in [2.75, 3.05) is 4.90 Å². The third-order valence-electron chi connectivity index (χ3n) is 5.67. The van der Waals surface area contributed by atoms with Gasteiger partial charge < -0.3 is 4.90 Å². The van der Waals surface area contributed by atoms with Gasteiger partial charge in [-0.2, -0.15) is 0 Å². The highest BCUT2D eigenvalue weighted by Crippen LogP contribution is 2.46. The lowest BCUT2D eigenvalue weighted by atomic mass is 9.77. The number of β-lactam (4-membered cyclic amide) rings is 1. The molecule has 4 rings (SSSR count). The minimum Gasteiger partial charge on any atom is -0.304 e. The molecule has 0 spiro atoms. The highest BCUT2D eigenvalue weighted by Gasteiger charge is 2.48. The van der Waals surface area contributed by atoms with Gasteiger partial charge >= 0.3 is 0 Å². The van der Waals surface area contributed by atoms with Gasteiger partial charge in [-0.05, 0) is 42.0 Å². The van der Waals surface area contributed by atoms with Gasteiger partial charge in [0.25, 0.3) is 0 Å². The van der Waals surface area contributed by atoms with E-state index in [9.17, 15) is 4.79 Å². The van der Waals surface area contributed by atoms with Crippen molar-refractivity contribution < 1.29 is 4.79 Å². The van der Waals surface area contributed by atoms with Crippen molar-refractivity contribution in [2.24, 2.45) is 5.92 Å². The van der Waals surface area contributed by atoms with Crippen LogP contribution < -0.4 is 4.90 Å². The molecule has 0 aromatic heterocycles. The maximum absolute atomic E-state index is 13.0. The van der Waals surface area contributed by atoms with Gasteiger partial charge in [0.2, 0.25) is 5.91 Å². The zero-order valence-corrected chi connectivity index (χ0v) is 15.7. The average molecular weight is 355 g/mol. The van der Waals surface area contributed by atoms with Gasteiger partial charge in [0.1, 0.15) is 0 Å². The number of carbonyl (C=O) groups excluding carboxylic acids is 1. The Kier molecular flexibility index (Phi) is 5.06. The van der Waals surface area contributed by atoms with Crippen LogP contribution in [0.2, 0.25) is 0 Å². The molecule has 1 aliphatic heterocycles. The van der Waals surface area contributed by atoms with Gasteiger partial charge in [-0.3, -0.25) is 4.79 Å². The normalized spacial score (nSPS) is 20.2. The van der Waals surface area contributed by atoms with E-state index in [4.69, 9.17) is 0 Å². The first-order valence-electron chi connectivity index (χ1n) is 9.73. The van der Waals surface area contributed by atoms with E-state index in [1.807, 2.05) is 41.3 Å². The molecule has 1 fully saturated rings. The predicted molar refractivity (Wildman–Crippen MR) is 111 cm³/mol. The van der Waals surface area contributed by atoms with Crippen LogP contribution in [0.4, 0.5) is 5.69 Å². The van der Waals surface area contributed by atoms with Crippen LogP contribution in [0, 0.1) is 5.92 Å². The summed E-state index contributed by atoms with van der Waals surface area (Å²) in [5.74, 6) is 0.760. The van der Waals surface area contributed by atoms with Gasteiger partial charge in [0.05, 0.1) is 12.0 Å². The summed E-state index contributed by atoms with van der Waals surface area (Å²) in [6, 6.07) is 31.2. The van der Waals surface area contributed by atoms with Crippen molar-refractivity contribution >= 4 is 11.6 Å². The summed E-state index contributed by atoms with van der Waals surface area (Å²) in [4.78, 5) is 15.0.